The minimum atomic E-state index is 0.507. The highest BCUT2D eigenvalue weighted by molar-refractivity contribution is 9.10. The maximum Gasteiger partial charge on any atom is 0.0472 e. The fourth-order valence-electron chi connectivity index (χ4n) is 1.99. The monoisotopic (exact) mass is 313 g/mol. The molecule has 0 fully saturated rings. The van der Waals surface area contributed by atoms with E-state index in [0.29, 0.717) is 5.92 Å². The lowest BCUT2D eigenvalue weighted by Gasteiger charge is -2.18. The number of hydrogen-bond acceptors (Lipinski definition) is 2. The van der Waals surface area contributed by atoms with Crippen LogP contribution in [0.4, 0.5) is 0 Å². The quantitative estimate of drug-likeness (QED) is 0.697. The van der Waals surface area contributed by atoms with E-state index in [4.69, 9.17) is 4.74 Å². The van der Waals surface area contributed by atoms with Gasteiger partial charge in [0.25, 0.3) is 0 Å². The van der Waals surface area contributed by atoms with Crippen LogP contribution in [0, 0.1) is 0 Å². The van der Waals surface area contributed by atoms with Gasteiger partial charge in [-0.3, -0.25) is 0 Å². The predicted molar refractivity (Wildman–Crippen MR) is 81.2 cm³/mol. The molecule has 0 aromatic heterocycles. The van der Waals surface area contributed by atoms with E-state index in [1.807, 2.05) is 7.05 Å². The molecule has 0 saturated carbocycles. The van der Waals surface area contributed by atoms with E-state index in [1.165, 1.54) is 16.5 Å². The maximum atomic E-state index is 5.67. The summed E-state index contributed by atoms with van der Waals surface area (Å²) in [6.45, 7) is 4.90. The molecule has 0 saturated heterocycles. The molecule has 0 heterocycles. The molecule has 1 aromatic rings. The molecule has 1 unspecified atom stereocenters. The van der Waals surface area contributed by atoms with Gasteiger partial charge >= 0.3 is 0 Å². The first-order chi connectivity index (χ1) is 8.79. The molecule has 0 aliphatic carbocycles. The minimum absolute atomic E-state index is 0.507. The van der Waals surface area contributed by atoms with Crippen LogP contribution in [0.3, 0.4) is 0 Å². The van der Waals surface area contributed by atoms with Crippen molar-refractivity contribution in [1.82, 2.24) is 5.32 Å². The number of likely N-dealkylation sites (N-methyl/N-ethyl adjacent to an activating group) is 1. The van der Waals surface area contributed by atoms with Crippen LogP contribution in [0.1, 0.15) is 37.7 Å². The molecule has 0 bridgehead atoms. The summed E-state index contributed by atoms with van der Waals surface area (Å²) in [6.07, 6.45) is 3.42. The Kier molecular flexibility index (Phi) is 8.31. The van der Waals surface area contributed by atoms with Crippen molar-refractivity contribution in [2.75, 3.05) is 26.8 Å². The van der Waals surface area contributed by atoms with Crippen LogP contribution in [-0.4, -0.2) is 26.8 Å². The first-order valence-corrected chi connectivity index (χ1v) is 7.55. The molecule has 2 nitrogen and oxygen atoms in total. The molecule has 3 heteroatoms. The average Bonchev–Trinajstić information content (AvgIpc) is 2.38. The van der Waals surface area contributed by atoms with Gasteiger partial charge in [-0.2, -0.15) is 0 Å². The van der Waals surface area contributed by atoms with Gasteiger partial charge in [-0.15, -0.1) is 0 Å². The maximum absolute atomic E-state index is 5.67. The zero-order valence-electron chi connectivity index (χ0n) is 11.4. The normalized spacial score (nSPS) is 12.6. The van der Waals surface area contributed by atoms with Crippen LogP contribution < -0.4 is 5.32 Å². The number of unbranched alkanes of at least 4 members (excludes halogenated alkanes) is 1. The van der Waals surface area contributed by atoms with Crippen molar-refractivity contribution in [3.05, 3.63) is 34.3 Å². The second kappa shape index (κ2) is 9.54. The molecule has 0 radical (unpaired) electrons. The minimum Gasteiger partial charge on any atom is -0.381 e. The molecular weight excluding hydrogens is 290 g/mol. The smallest absolute Gasteiger partial charge is 0.0472 e. The van der Waals surface area contributed by atoms with Gasteiger partial charge in [-0.25, -0.2) is 0 Å². The van der Waals surface area contributed by atoms with E-state index in [0.717, 1.165) is 32.6 Å². The van der Waals surface area contributed by atoms with Gasteiger partial charge < -0.3 is 10.1 Å². The van der Waals surface area contributed by atoms with Crippen molar-refractivity contribution in [3.63, 3.8) is 0 Å². The number of hydrogen-bond donors (Lipinski definition) is 1. The Morgan fingerprint density at radius 3 is 2.72 bits per heavy atom. The van der Waals surface area contributed by atoms with E-state index in [9.17, 15) is 0 Å². The molecule has 0 aliphatic rings. The number of nitrogens with one attached hydrogen (secondary N) is 1. The Labute approximate surface area is 119 Å². The predicted octanol–water partition coefficient (Wildman–Crippen LogP) is 3.96. The molecule has 1 rings (SSSR count). The molecule has 0 amide bonds. The lowest BCUT2D eigenvalue weighted by molar-refractivity contribution is 0.124. The van der Waals surface area contributed by atoms with Crippen molar-refractivity contribution in [2.24, 2.45) is 0 Å². The molecule has 1 N–H and O–H groups in total. The fourth-order valence-corrected chi connectivity index (χ4v) is 2.60. The fraction of sp³-hybridized carbons (Fsp3) is 0.600. The van der Waals surface area contributed by atoms with Crippen molar-refractivity contribution in [1.29, 1.82) is 0 Å². The standard InChI is InChI=1S/C15H24BrNO/c1-3-4-10-18-11-9-13(12-17-2)14-7-5-6-8-15(14)16/h5-8,13,17H,3-4,9-12H2,1-2H3. The summed E-state index contributed by atoms with van der Waals surface area (Å²) >= 11 is 3.63. The van der Waals surface area contributed by atoms with Crippen LogP contribution in [0.25, 0.3) is 0 Å². The van der Waals surface area contributed by atoms with Gasteiger partial charge in [-0.05, 0) is 37.4 Å². The second-order valence-corrected chi connectivity index (χ2v) is 5.39. The zero-order valence-corrected chi connectivity index (χ0v) is 13.0. The van der Waals surface area contributed by atoms with Gasteiger partial charge in [0.2, 0.25) is 0 Å². The van der Waals surface area contributed by atoms with Crippen LogP contribution in [0.5, 0.6) is 0 Å². The van der Waals surface area contributed by atoms with Crippen molar-refractivity contribution in [3.8, 4) is 0 Å². The van der Waals surface area contributed by atoms with Gasteiger partial charge in [0.15, 0.2) is 0 Å². The number of ether oxygens (including phenoxy) is 1. The van der Waals surface area contributed by atoms with Gasteiger partial charge in [-0.1, -0.05) is 47.5 Å². The Morgan fingerprint density at radius 1 is 1.28 bits per heavy atom. The third kappa shape index (κ3) is 5.51. The lowest BCUT2D eigenvalue weighted by atomic mass is 9.96. The Bertz CT molecular complexity index is 330. The highest BCUT2D eigenvalue weighted by atomic mass is 79.9. The SMILES string of the molecule is CCCCOCCC(CNC)c1ccccc1Br. The van der Waals surface area contributed by atoms with Crippen molar-refractivity contribution < 1.29 is 4.74 Å². The van der Waals surface area contributed by atoms with Gasteiger partial charge in [0, 0.05) is 24.2 Å². The Balaban J connectivity index is 2.47. The molecular formula is C15H24BrNO. The number of halogens is 1. The van der Waals surface area contributed by atoms with Crippen LogP contribution in [-0.2, 0) is 4.74 Å². The van der Waals surface area contributed by atoms with Gasteiger partial charge in [0.05, 0.1) is 0 Å². The highest BCUT2D eigenvalue weighted by Gasteiger charge is 2.13. The third-order valence-electron chi connectivity index (χ3n) is 3.05. The summed E-state index contributed by atoms with van der Waals surface area (Å²) in [5, 5.41) is 3.27. The molecule has 1 aromatic carbocycles. The topological polar surface area (TPSA) is 21.3 Å². The lowest BCUT2D eigenvalue weighted by Crippen LogP contribution is -2.19. The summed E-state index contributed by atoms with van der Waals surface area (Å²) in [7, 11) is 2.00. The first-order valence-electron chi connectivity index (χ1n) is 6.76. The van der Waals surface area contributed by atoms with Crippen LogP contribution in [0.2, 0.25) is 0 Å². The van der Waals surface area contributed by atoms with Crippen molar-refractivity contribution >= 4 is 15.9 Å². The van der Waals surface area contributed by atoms with E-state index in [2.05, 4.69) is 52.4 Å². The third-order valence-corrected chi connectivity index (χ3v) is 3.77. The summed E-state index contributed by atoms with van der Waals surface area (Å²) < 4.78 is 6.86. The van der Waals surface area contributed by atoms with Gasteiger partial charge in [0.1, 0.15) is 0 Å². The molecule has 0 spiro atoms. The first kappa shape index (κ1) is 15.7. The Morgan fingerprint density at radius 2 is 2.06 bits per heavy atom. The second-order valence-electron chi connectivity index (χ2n) is 4.53. The summed E-state index contributed by atoms with van der Waals surface area (Å²) in [5.41, 5.74) is 1.37. The van der Waals surface area contributed by atoms with Crippen LogP contribution in [0.15, 0.2) is 28.7 Å². The van der Waals surface area contributed by atoms with Crippen molar-refractivity contribution in [2.45, 2.75) is 32.1 Å². The van der Waals surface area contributed by atoms with E-state index in [1.54, 1.807) is 0 Å². The van der Waals surface area contributed by atoms with E-state index >= 15 is 0 Å². The number of benzene rings is 1. The van der Waals surface area contributed by atoms with E-state index < -0.39 is 0 Å². The highest BCUT2D eigenvalue weighted by Crippen LogP contribution is 2.26. The summed E-state index contributed by atoms with van der Waals surface area (Å²) in [6, 6.07) is 8.45. The molecule has 1 atom stereocenters. The summed E-state index contributed by atoms with van der Waals surface area (Å²) in [4.78, 5) is 0. The number of rotatable bonds is 9. The largest absolute Gasteiger partial charge is 0.381 e. The molecule has 0 aliphatic heterocycles. The molecule has 18 heavy (non-hydrogen) atoms. The molecule has 102 valence electrons. The van der Waals surface area contributed by atoms with E-state index in [-0.39, 0.29) is 0 Å². The Hall–Kier alpha value is -0.380. The van der Waals surface area contributed by atoms with Crippen LogP contribution >= 0.6 is 15.9 Å². The summed E-state index contributed by atoms with van der Waals surface area (Å²) in [5.74, 6) is 0.507. The zero-order chi connectivity index (χ0) is 13.2. The average molecular weight is 314 g/mol.